The molecule has 0 amide bonds. The number of anilines is 1. The predicted octanol–water partition coefficient (Wildman–Crippen LogP) is 1.88. The summed E-state index contributed by atoms with van der Waals surface area (Å²) in [4.78, 5) is 20.2. The molecule has 112 valence electrons. The van der Waals surface area contributed by atoms with E-state index in [0.29, 0.717) is 17.2 Å². The molecular weight excluding hydrogens is 270 g/mol. The van der Waals surface area contributed by atoms with Gasteiger partial charge in [0, 0.05) is 36.5 Å². The van der Waals surface area contributed by atoms with Gasteiger partial charge in [0.2, 0.25) is 0 Å². The van der Waals surface area contributed by atoms with Gasteiger partial charge < -0.3 is 10.4 Å². The van der Waals surface area contributed by atoms with Gasteiger partial charge in [0.25, 0.3) is 0 Å². The molecule has 0 saturated heterocycles. The number of rotatable bonds is 5. The zero-order valence-corrected chi connectivity index (χ0v) is 12.5. The van der Waals surface area contributed by atoms with E-state index in [1.54, 1.807) is 24.0 Å². The molecule has 7 nitrogen and oxygen atoms in total. The molecule has 21 heavy (non-hydrogen) atoms. The van der Waals surface area contributed by atoms with Crippen molar-refractivity contribution in [3.05, 3.63) is 35.5 Å². The van der Waals surface area contributed by atoms with Crippen LogP contribution in [0.2, 0.25) is 0 Å². The van der Waals surface area contributed by atoms with Gasteiger partial charge in [0.15, 0.2) is 6.04 Å². The van der Waals surface area contributed by atoms with E-state index < -0.39 is 12.0 Å². The van der Waals surface area contributed by atoms with E-state index in [1.807, 2.05) is 20.8 Å². The molecule has 2 aromatic heterocycles. The molecule has 7 heteroatoms. The van der Waals surface area contributed by atoms with Crippen LogP contribution < -0.4 is 5.32 Å². The van der Waals surface area contributed by atoms with Crippen LogP contribution in [0.5, 0.6) is 0 Å². The summed E-state index contributed by atoms with van der Waals surface area (Å²) in [5, 5.41) is 16.3. The summed E-state index contributed by atoms with van der Waals surface area (Å²) < 4.78 is 1.57. The van der Waals surface area contributed by atoms with Crippen molar-refractivity contribution < 1.29 is 9.90 Å². The van der Waals surface area contributed by atoms with Crippen LogP contribution in [0.3, 0.4) is 0 Å². The smallest absolute Gasteiger partial charge is 0.330 e. The van der Waals surface area contributed by atoms with E-state index in [9.17, 15) is 9.90 Å². The number of nitrogens with one attached hydrogen (secondary N) is 1. The van der Waals surface area contributed by atoms with Crippen LogP contribution in [-0.2, 0) is 11.8 Å². The molecule has 2 aromatic rings. The standard InChI is InChI=1S/C14H19N5O2/c1-8(2)13-16-9(3)5-11(18-13)17-12(14(20)21)10-6-15-19(4)7-10/h5-8,12H,1-4H3,(H,20,21)(H,16,17,18). The molecule has 0 aliphatic heterocycles. The fourth-order valence-electron chi connectivity index (χ4n) is 1.95. The Balaban J connectivity index is 2.31. The monoisotopic (exact) mass is 289 g/mol. The van der Waals surface area contributed by atoms with Crippen molar-refractivity contribution in [2.45, 2.75) is 32.7 Å². The van der Waals surface area contributed by atoms with Gasteiger partial charge in [0.1, 0.15) is 11.6 Å². The SMILES string of the molecule is Cc1cc(NC(C(=O)O)c2cnn(C)c2)nc(C(C)C)n1. The number of carboxylic acid groups (broad SMARTS) is 1. The molecule has 2 heterocycles. The maximum absolute atomic E-state index is 11.5. The number of nitrogens with zero attached hydrogens (tertiary/aromatic N) is 4. The minimum absolute atomic E-state index is 0.173. The van der Waals surface area contributed by atoms with Crippen molar-refractivity contribution in [2.24, 2.45) is 7.05 Å². The topological polar surface area (TPSA) is 92.9 Å². The Labute approximate surface area is 123 Å². The van der Waals surface area contributed by atoms with Crippen LogP contribution in [0.4, 0.5) is 5.82 Å². The quantitative estimate of drug-likeness (QED) is 0.873. The first-order chi connectivity index (χ1) is 9.86. The van der Waals surface area contributed by atoms with Crippen LogP contribution in [0.15, 0.2) is 18.5 Å². The number of aliphatic carboxylic acids is 1. The number of carboxylic acids is 1. The lowest BCUT2D eigenvalue weighted by molar-refractivity contribution is -0.138. The molecule has 0 aromatic carbocycles. The third kappa shape index (κ3) is 3.56. The van der Waals surface area contributed by atoms with E-state index in [-0.39, 0.29) is 5.92 Å². The lowest BCUT2D eigenvalue weighted by atomic mass is 10.1. The molecular formula is C14H19N5O2. The van der Waals surface area contributed by atoms with Gasteiger partial charge in [-0.1, -0.05) is 13.8 Å². The van der Waals surface area contributed by atoms with Crippen LogP contribution in [0, 0.1) is 6.92 Å². The predicted molar refractivity (Wildman–Crippen MR) is 78.1 cm³/mol. The summed E-state index contributed by atoms with van der Waals surface area (Å²) in [7, 11) is 1.74. The average molecular weight is 289 g/mol. The number of aromatic nitrogens is 4. The van der Waals surface area contributed by atoms with Gasteiger partial charge in [-0.3, -0.25) is 4.68 Å². The highest BCUT2D eigenvalue weighted by Gasteiger charge is 2.22. The maximum Gasteiger partial charge on any atom is 0.330 e. The molecule has 0 aliphatic rings. The number of hydrogen-bond acceptors (Lipinski definition) is 5. The highest BCUT2D eigenvalue weighted by Crippen LogP contribution is 2.20. The minimum atomic E-state index is -0.981. The first-order valence-electron chi connectivity index (χ1n) is 6.70. The van der Waals surface area contributed by atoms with Gasteiger partial charge in [-0.2, -0.15) is 5.10 Å². The highest BCUT2D eigenvalue weighted by atomic mass is 16.4. The Kier molecular flexibility index (Phi) is 4.21. The van der Waals surface area contributed by atoms with Crippen molar-refractivity contribution in [1.82, 2.24) is 19.7 Å². The fourth-order valence-corrected chi connectivity index (χ4v) is 1.95. The third-order valence-electron chi connectivity index (χ3n) is 2.99. The van der Waals surface area contributed by atoms with Gasteiger partial charge in [-0.05, 0) is 6.92 Å². The van der Waals surface area contributed by atoms with Crippen molar-refractivity contribution in [2.75, 3.05) is 5.32 Å². The Morgan fingerprint density at radius 3 is 2.62 bits per heavy atom. The van der Waals surface area contributed by atoms with Gasteiger partial charge in [-0.25, -0.2) is 14.8 Å². The van der Waals surface area contributed by atoms with Gasteiger partial charge in [0.05, 0.1) is 6.20 Å². The summed E-state index contributed by atoms with van der Waals surface area (Å²) in [5.74, 6) is 0.382. The van der Waals surface area contributed by atoms with E-state index in [0.717, 1.165) is 5.69 Å². The van der Waals surface area contributed by atoms with Crippen LogP contribution in [0.1, 0.15) is 42.9 Å². The second-order valence-corrected chi connectivity index (χ2v) is 5.27. The molecule has 0 bridgehead atoms. The summed E-state index contributed by atoms with van der Waals surface area (Å²) in [6, 6.07) is 0.839. The minimum Gasteiger partial charge on any atom is -0.479 e. The highest BCUT2D eigenvalue weighted by molar-refractivity contribution is 5.78. The van der Waals surface area contributed by atoms with Crippen LogP contribution in [-0.4, -0.2) is 30.8 Å². The lowest BCUT2D eigenvalue weighted by Crippen LogP contribution is -2.21. The molecule has 1 atom stereocenters. The number of carbonyl (C=O) groups is 1. The van der Waals surface area contributed by atoms with Crippen molar-refractivity contribution >= 4 is 11.8 Å². The Hall–Kier alpha value is -2.44. The van der Waals surface area contributed by atoms with E-state index in [2.05, 4.69) is 20.4 Å². The maximum atomic E-state index is 11.5. The normalized spacial score (nSPS) is 12.4. The summed E-state index contributed by atoms with van der Waals surface area (Å²) in [6.45, 7) is 5.85. The largest absolute Gasteiger partial charge is 0.479 e. The Morgan fingerprint density at radius 1 is 1.38 bits per heavy atom. The number of hydrogen-bond donors (Lipinski definition) is 2. The van der Waals surface area contributed by atoms with E-state index >= 15 is 0 Å². The van der Waals surface area contributed by atoms with Crippen LogP contribution in [0.25, 0.3) is 0 Å². The van der Waals surface area contributed by atoms with Gasteiger partial charge in [-0.15, -0.1) is 0 Å². The molecule has 1 unspecified atom stereocenters. The second-order valence-electron chi connectivity index (χ2n) is 5.27. The lowest BCUT2D eigenvalue weighted by Gasteiger charge is -2.15. The number of aryl methyl sites for hydroxylation is 2. The van der Waals surface area contributed by atoms with Crippen LogP contribution >= 0.6 is 0 Å². The van der Waals surface area contributed by atoms with E-state index in [4.69, 9.17) is 0 Å². The summed E-state index contributed by atoms with van der Waals surface area (Å²) >= 11 is 0. The first kappa shape index (κ1) is 15.0. The molecule has 0 spiro atoms. The molecule has 0 saturated carbocycles. The van der Waals surface area contributed by atoms with Crippen molar-refractivity contribution in [3.63, 3.8) is 0 Å². The summed E-state index contributed by atoms with van der Waals surface area (Å²) in [6.07, 6.45) is 3.20. The molecule has 2 rings (SSSR count). The van der Waals surface area contributed by atoms with Crippen molar-refractivity contribution in [3.8, 4) is 0 Å². The summed E-state index contributed by atoms with van der Waals surface area (Å²) in [5.41, 5.74) is 1.37. The molecule has 0 fully saturated rings. The molecule has 0 aliphatic carbocycles. The second kappa shape index (κ2) is 5.90. The van der Waals surface area contributed by atoms with E-state index in [1.165, 1.54) is 6.20 Å². The first-order valence-corrected chi connectivity index (χ1v) is 6.70. The zero-order chi connectivity index (χ0) is 15.6. The van der Waals surface area contributed by atoms with Gasteiger partial charge >= 0.3 is 5.97 Å². The molecule has 0 radical (unpaired) electrons. The molecule has 2 N–H and O–H groups in total. The Bertz CT molecular complexity index is 651. The fraction of sp³-hybridized carbons (Fsp3) is 0.429. The zero-order valence-electron chi connectivity index (χ0n) is 12.5. The average Bonchev–Trinajstić information content (AvgIpc) is 2.81. The third-order valence-corrected chi connectivity index (χ3v) is 2.99. The Morgan fingerprint density at radius 2 is 2.10 bits per heavy atom. The van der Waals surface area contributed by atoms with Crippen molar-refractivity contribution in [1.29, 1.82) is 0 Å².